The van der Waals surface area contributed by atoms with E-state index in [9.17, 15) is 13.2 Å². The number of halogens is 2. The molecular weight excluding hydrogens is 499 g/mol. The van der Waals surface area contributed by atoms with Crippen molar-refractivity contribution in [3.8, 4) is 11.5 Å². The Hall–Kier alpha value is -2.46. The summed E-state index contributed by atoms with van der Waals surface area (Å²) in [5, 5.41) is 11.0. The van der Waals surface area contributed by atoms with Crippen LogP contribution in [0.25, 0.3) is 11.5 Å². The number of aromatic nitrogens is 2. The quantitative estimate of drug-likeness (QED) is 0.335. The van der Waals surface area contributed by atoms with Crippen LogP contribution in [0.4, 0.5) is 6.01 Å². The molecule has 2 aromatic carbocycles. The largest absolute Gasteiger partial charge is 0.403 e. The molecule has 8 nitrogen and oxygen atoms in total. The SMILES string of the molecule is CCCCN(CCCC)S(=O)(=O)c1ccc(C(=O)Nc2nnc(-c3ccc(Cl)cc3Cl)o2)cc1. The Labute approximate surface area is 209 Å². The van der Waals surface area contributed by atoms with Gasteiger partial charge >= 0.3 is 6.01 Å². The Morgan fingerprint density at radius 3 is 2.24 bits per heavy atom. The predicted octanol–water partition coefficient (Wildman–Crippen LogP) is 5.89. The molecule has 11 heteroatoms. The molecule has 0 atom stereocenters. The highest BCUT2D eigenvalue weighted by atomic mass is 35.5. The lowest BCUT2D eigenvalue weighted by atomic mass is 10.2. The van der Waals surface area contributed by atoms with Crippen LogP contribution in [0.5, 0.6) is 0 Å². The Kier molecular flexibility index (Phi) is 9.07. The average Bonchev–Trinajstić information content (AvgIpc) is 3.27. The molecule has 0 bridgehead atoms. The summed E-state index contributed by atoms with van der Waals surface area (Å²) >= 11 is 12.1. The van der Waals surface area contributed by atoms with Crippen LogP contribution < -0.4 is 5.32 Å². The maximum Gasteiger partial charge on any atom is 0.322 e. The van der Waals surface area contributed by atoms with Gasteiger partial charge in [-0.3, -0.25) is 10.1 Å². The summed E-state index contributed by atoms with van der Waals surface area (Å²) in [5.41, 5.74) is 0.723. The number of hydrogen-bond acceptors (Lipinski definition) is 6. The molecule has 3 rings (SSSR count). The minimum atomic E-state index is -3.64. The molecular formula is C23H26Cl2N4O4S. The molecule has 0 aliphatic carbocycles. The second-order valence-corrected chi connectivity index (χ2v) is 10.4. The van der Waals surface area contributed by atoms with Gasteiger partial charge in [-0.15, -0.1) is 5.10 Å². The van der Waals surface area contributed by atoms with E-state index in [0.717, 1.165) is 25.7 Å². The maximum atomic E-state index is 13.1. The zero-order valence-electron chi connectivity index (χ0n) is 18.9. The number of rotatable bonds is 11. The number of carbonyl (C=O) groups is 1. The lowest BCUT2D eigenvalue weighted by Gasteiger charge is -2.22. The lowest BCUT2D eigenvalue weighted by Crippen LogP contribution is -2.33. The first-order chi connectivity index (χ1) is 16.3. The molecule has 0 aliphatic rings. The highest BCUT2D eigenvalue weighted by molar-refractivity contribution is 7.89. The fourth-order valence-electron chi connectivity index (χ4n) is 3.16. The van der Waals surface area contributed by atoms with Gasteiger partial charge in [-0.1, -0.05) is 55.0 Å². The zero-order valence-corrected chi connectivity index (χ0v) is 21.3. The maximum absolute atomic E-state index is 13.1. The molecule has 34 heavy (non-hydrogen) atoms. The van der Waals surface area contributed by atoms with Crippen LogP contribution in [-0.2, 0) is 10.0 Å². The van der Waals surface area contributed by atoms with E-state index in [1.807, 2.05) is 13.8 Å². The topological polar surface area (TPSA) is 105 Å². The molecule has 1 aromatic heterocycles. The van der Waals surface area contributed by atoms with Gasteiger partial charge in [0.15, 0.2) is 0 Å². The molecule has 0 saturated carbocycles. The van der Waals surface area contributed by atoms with E-state index in [4.69, 9.17) is 27.6 Å². The van der Waals surface area contributed by atoms with Crippen molar-refractivity contribution < 1.29 is 17.6 Å². The van der Waals surface area contributed by atoms with E-state index in [1.54, 1.807) is 18.2 Å². The summed E-state index contributed by atoms with van der Waals surface area (Å²) in [5.74, 6) is -0.396. The number of amides is 1. The molecule has 0 radical (unpaired) electrons. The fraction of sp³-hybridized carbons (Fsp3) is 0.348. The molecule has 3 aromatic rings. The van der Waals surface area contributed by atoms with Crippen LogP contribution in [-0.4, -0.2) is 41.9 Å². The minimum Gasteiger partial charge on any atom is -0.403 e. The molecule has 0 aliphatic heterocycles. The summed E-state index contributed by atoms with van der Waals surface area (Å²) in [4.78, 5) is 12.8. The van der Waals surface area contributed by atoms with Gasteiger partial charge in [-0.05, 0) is 55.3 Å². The summed E-state index contributed by atoms with van der Waals surface area (Å²) in [7, 11) is -3.64. The van der Waals surface area contributed by atoms with Gasteiger partial charge < -0.3 is 4.42 Å². The summed E-state index contributed by atoms with van der Waals surface area (Å²) in [6.07, 6.45) is 3.38. The molecule has 0 unspecified atom stereocenters. The summed E-state index contributed by atoms with van der Waals surface area (Å²) < 4.78 is 33.1. The zero-order chi connectivity index (χ0) is 24.7. The number of hydrogen-bond donors (Lipinski definition) is 1. The highest BCUT2D eigenvalue weighted by Crippen LogP contribution is 2.30. The minimum absolute atomic E-state index is 0.118. The first-order valence-electron chi connectivity index (χ1n) is 11.0. The van der Waals surface area contributed by atoms with Crippen molar-refractivity contribution >= 4 is 45.1 Å². The van der Waals surface area contributed by atoms with Crippen molar-refractivity contribution in [1.82, 2.24) is 14.5 Å². The normalized spacial score (nSPS) is 11.7. The van der Waals surface area contributed by atoms with Gasteiger partial charge in [-0.2, -0.15) is 4.31 Å². The molecule has 182 valence electrons. The standard InChI is InChI=1S/C23H26Cl2N4O4S/c1-3-5-13-29(14-6-4-2)34(31,32)18-10-7-16(8-11-18)21(30)26-23-28-27-22(33-23)19-12-9-17(24)15-20(19)25/h7-12,15H,3-6,13-14H2,1-2H3,(H,26,28,30). The predicted molar refractivity (Wildman–Crippen MR) is 133 cm³/mol. The molecule has 1 N–H and O–H groups in total. The first kappa shape index (κ1) is 26.2. The van der Waals surface area contributed by atoms with E-state index < -0.39 is 15.9 Å². The van der Waals surface area contributed by atoms with Crippen LogP contribution in [0.1, 0.15) is 49.9 Å². The second-order valence-electron chi connectivity index (χ2n) is 7.63. The van der Waals surface area contributed by atoms with Gasteiger partial charge in [0.25, 0.3) is 11.8 Å². The number of benzene rings is 2. The third-order valence-electron chi connectivity index (χ3n) is 5.08. The molecule has 1 heterocycles. The van der Waals surface area contributed by atoms with E-state index in [2.05, 4.69) is 15.5 Å². The van der Waals surface area contributed by atoms with E-state index in [1.165, 1.54) is 28.6 Å². The van der Waals surface area contributed by atoms with Crippen molar-refractivity contribution in [1.29, 1.82) is 0 Å². The van der Waals surface area contributed by atoms with Crippen molar-refractivity contribution in [3.05, 3.63) is 58.1 Å². The van der Waals surface area contributed by atoms with E-state index in [0.29, 0.717) is 28.7 Å². The molecule has 0 spiro atoms. The van der Waals surface area contributed by atoms with Gasteiger partial charge in [0.2, 0.25) is 10.0 Å². The van der Waals surface area contributed by atoms with Crippen LogP contribution in [0, 0.1) is 0 Å². The van der Waals surface area contributed by atoms with Crippen molar-refractivity contribution in [2.24, 2.45) is 0 Å². The Morgan fingerprint density at radius 1 is 1.00 bits per heavy atom. The fourth-order valence-corrected chi connectivity index (χ4v) is 5.17. The highest BCUT2D eigenvalue weighted by Gasteiger charge is 2.24. The molecule has 1 amide bonds. The summed E-state index contributed by atoms with van der Waals surface area (Å²) in [6.45, 7) is 4.99. The van der Waals surface area contributed by atoms with E-state index in [-0.39, 0.29) is 22.4 Å². The Morgan fingerprint density at radius 2 is 1.65 bits per heavy atom. The van der Waals surface area contributed by atoms with Crippen LogP contribution in [0.15, 0.2) is 51.8 Å². The third-order valence-corrected chi connectivity index (χ3v) is 7.54. The molecule has 0 fully saturated rings. The lowest BCUT2D eigenvalue weighted by molar-refractivity contribution is 0.102. The number of nitrogens with zero attached hydrogens (tertiary/aromatic N) is 3. The van der Waals surface area contributed by atoms with Gasteiger partial charge in [0, 0.05) is 23.7 Å². The first-order valence-corrected chi connectivity index (χ1v) is 13.2. The monoisotopic (exact) mass is 524 g/mol. The average molecular weight is 525 g/mol. The van der Waals surface area contributed by atoms with Gasteiger partial charge in [0.1, 0.15) is 0 Å². The Bertz CT molecular complexity index is 1220. The van der Waals surface area contributed by atoms with E-state index >= 15 is 0 Å². The van der Waals surface area contributed by atoms with Crippen molar-refractivity contribution in [2.75, 3.05) is 18.4 Å². The smallest absolute Gasteiger partial charge is 0.322 e. The van der Waals surface area contributed by atoms with Gasteiger partial charge in [0.05, 0.1) is 15.5 Å². The van der Waals surface area contributed by atoms with Crippen LogP contribution in [0.3, 0.4) is 0 Å². The summed E-state index contributed by atoms with van der Waals surface area (Å²) in [6, 6.07) is 10.5. The second kappa shape index (κ2) is 11.8. The number of carbonyl (C=O) groups excluding carboxylic acids is 1. The number of nitrogens with one attached hydrogen (secondary N) is 1. The number of unbranched alkanes of at least 4 members (excludes halogenated alkanes) is 2. The number of sulfonamides is 1. The van der Waals surface area contributed by atoms with Crippen LogP contribution >= 0.6 is 23.2 Å². The van der Waals surface area contributed by atoms with Crippen LogP contribution in [0.2, 0.25) is 10.0 Å². The van der Waals surface area contributed by atoms with Gasteiger partial charge in [-0.25, -0.2) is 8.42 Å². The molecule has 0 saturated heterocycles. The van der Waals surface area contributed by atoms with Crippen molar-refractivity contribution in [2.45, 2.75) is 44.4 Å². The van der Waals surface area contributed by atoms with Crippen molar-refractivity contribution in [3.63, 3.8) is 0 Å². The third kappa shape index (κ3) is 6.35. The number of anilines is 1. The Balaban J connectivity index is 1.72.